The summed E-state index contributed by atoms with van der Waals surface area (Å²) in [5, 5.41) is 3.35. The molecule has 2 amide bonds. The van der Waals surface area contributed by atoms with Gasteiger partial charge in [-0.25, -0.2) is 12.8 Å². The fourth-order valence-corrected chi connectivity index (χ4v) is 5.16. The molecule has 0 aliphatic rings. The molecule has 0 radical (unpaired) electrons. The molecule has 0 aliphatic carbocycles. The van der Waals surface area contributed by atoms with Gasteiger partial charge in [0.2, 0.25) is 21.8 Å². The molecule has 0 fully saturated rings. The molecule has 2 rings (SSSR count). The van der Waals surface area contributed by atoms with E-state index < -0.39 is 16.1 Å². The first kappa shape index (κ1) is 30.6. The van der Waals surface area contributed by atoms with Crippen LogP contribution in [-0.2, 0) is 26.2 Å². The van der Waals surface area contributed by atoms with E-state index in [1.54, 1.807) is 37.3 Å². The van der Waals surface area contributed by atoms with Crippen LogP contribution >= 0.6 is 11.6 Å². The van der Waals surface area contributed by atoms with Gasteiger partial charge in [0.25, 0.3) is 0 Å². The Bertz CT molecular complexity index is 1170. The number of amides is 2. The van der Waals surface area contributed by atoms with Crippen LogP contribution in [0.4, 0.5) is 10.1 Å². The van der Waals surface area contributed by atoms with Gasteiger partial charge in [0.15, 0.2) is 0 Å². The van der Waals surface area contributed by atoms with E-state index in [0.29, 0.717) is 34.8 Å². The summed E-state index contributed by atoms with van der Waals surface area (Å²) in [7, 11) is -3.63. The van der Waals surface area contributed by atoms with Crippen LogP contribution in [0.25, 0.3) is 0 Å². The van der Waals surface area contributed by atoms with Crippen molar-refractivity contribution in [3.8, 4) is 0 Å². The van der Waals surface area contributed by atoms with E-state index in [1.807, 2.05) is 20.8 Å². The zero-order chi connectivity index (χ0) is 27.8. The van der Waals surface area contributed by atoms with Crippen molar-refractivity contribution < 1.29 is 22.4 Å². The maximum Gasteiger partial charge on any atom is 0.242 e. The molecule has 0 aromatic heterocycles. The number of sulfonamides is 1. The highest BCUT2D eigenvalue weighted by Crippen LogP contribution is 2.28. The number of halogens is 2. The van der Waals surface area contributed by atoms with Crippen LogP contribution in [-0.4, -0.2) is 50.5 Å². The van der Waals surface area contributed by atoms with Crippen LogP contribution in [0.3, 0.4) is 0 Å². The molecule has 204 valence electrons. The molecule has 1 atom stereocenters. The van der Waals surface area contributed by atoms with Gasteiger partial charge in [0.1, 0.15) is 11.9 Å². The molecule has 37 heavy (non-hydrogen) atoms. The summed E-state index contributed by atoms with van der Waals surface area (Å²) in [6.07, 6.45) is 1.78. The van der Waals surface area contributed by atoms with Crippen molar-refractivity contribution in [2.24, 2.45) is 5.92 Å². The van der Waals surface area contributed by atoms with Crippen molar-refractivity contribution in [3.63, 3.8) is 0 Å². The van der Waals surface area contributed by atoms with Gasteiger partial charge < -0.3 is 10.2 Å². The molecule has 1 unspecified atom stereocenters. The maximum absolute atomic E-state index is 13.4. The number of carbonyl (C=O) groups is 2. The van der Waals surface area contributed by atoms with Gasteiger partial charge in [-0.1, -0.05) is 50.6 Å². The molecular weight excluding hydrogens is 517 g/mol. The topological polar surface area (TPSA) is 86.8 Å². The van der Waals surface area contributed by atoms with Gasteiger partial charge in [-0.15, -0.1) is 0 Å². The molecule has 0 aliphatic heterocycles. The number of hydrogen-bond acceptors (Lipinski definition) is 4. The number of anilines is 1. The highest BCUT2D eigenvalue weighted by molar-refractivity contribution is 7.92. The first-order valence-corrected chi connectivity index (χ1v) is 14.6. The Morgan fingerprint density at radius 3 is 2.32 bits per heavy atom. The normalized spacial score (nSPS) is 12.3. The first-order valence-electron chi connectivity index (χ1n) is 12.4. The van der Waals surface area contributed by atoms with E-state index in [-0.39, 0.29) is 49.5 Å². The summed E-state index contributed by atoms with van der Waals surface area (Å²) in [6.45, 7) is 8.24. The molecule has 0 bridgehead atoms. The lowest BCUT2D eigenvalue weighted by Crippen LogP contribution is -2.49. The van der Waals surface area contributed by atoms with Crippen LogP contribution < -0.4 is 9.62 Å². The monoisotopic (exact) mass is 553 g/mol. The molecule has 2 aromatic rings. The van der Waals surface area contributed by atoms with Crippen molar-refractivity contribution in [2.75, 3.05) is 23.7 Å². The maximum atomic E-state index is 13.4. The molecule has 0 saturated heterocycles. The van der Waals surface area contributed by atoms with Gasteiger partial charge in [-0.05, 0) is 61.1 Å². The van der Waals surface area contributed by atoms with Gasteiger partial charge in [-0.3, -0.25) is 13.9 Å². The summed E-state index contributed by atoms with van der Waals surface area (Å²) in [5.74, 6) is -0.675. The Kier molecular flexibility index (Phi) is 11.4. The SMILES string of the molecule is CCC(C(=O)NCC(C)C)N(Cc1ccc(F)cc1)C(=O)CCCN(c1cccc(Cl)c1C)S(C)(=O)=O. The second-order valence-corrected chi connectivity index (χ2v) is 11.8. The predicted molar refractivity (Wildman–Crippen MR) is 146 cm³/mol. The minimum Gasteiger partial charge on any atom is -0.354 e. The Balaban J connectivity index is 2.24. The number of carbonyl (C=O) groups excluding carboxylic acids is 2. The summed E-state index contributed by atoms with van der Waals surface area (Å²) >= 11 is 6.20. The van der Waals surface area contributed by atoms with E-state index >= 15 is 0 Å². The second-order valence-electron chi connectivity index (χ2n) is 9.53. The highest BCUT2D eigenvalue weighted by atomic mass is 35.5. The second kappa shape index (κ2) is 13.8. The Labute approximate surface area is 225 Å². The van der Waals surface area contributed by atoms with E-state index in [4.69, 9.17) is 11.6 Å². The summed E-state index contributed by atoms with van der Waals surface area (Å²) in [6, 6.07) is 10.1. The molecule has 2 aromatic carbocycles. The zero-order valence-corrected chi connectivity index (χ0v) is 23.7. The van der Waals surface area contributed by atoms with E-state index in [0.717, 1.165) is 6.26 Å². The third kappa shape index (κ3) is 9.00. The number of rotatable bonds is 13. The molecule has 0 saturated carbocycles. The lowest BCUT2D eigenvalue weighted by molar-refractivity contribution is -0.141. The van der Waals surface area contributed by atoms with Crippen LogP contribution in [0.15, 0.2) is 42.5 Å². The van der Waals surface area contributed by atoms with Crippen molar-refractivity contribution in [2.45, 2.75) is 59.5 Å². The molecule has 7 nitrogen and oxygen atoms in total. The zero-order valence-electron chi connectivity index (χ0n) is 22.1. The first-order chi connectivity index (χ1) is 17.3. The molecule has 0 spiro atoms. The minimum atomic E-state index is -3.63. The van der Waals surface area contributed by atoms with Crippen LogP contribution in [0, 0.1) is 18.7 Å². The number of nitrogens with one attached hydrogen (secondary N) is 1. The van der Waals surface area contributed by atoms with Crippen molar-refractivity contribution >= 4 is 39.1 Å². The smallest absolute Gasteiger partial charge is 0.242 e. The van der Waals surface area contributed by atoms with Crippen LogP contribution in [0.5, 0.6) is 0 Å². The predicted octanol–water partition coefficient (Wildman–Crippen LogP) is 4.91. The third-order valence-corrected chi connectivity index (χ3v) is 7.59. The fourth-order valence-electron chi connectivity index (χ4n) is 3.98. The Morgan fingerprint density at radius 2 is 1.76 bits per heavy atom. The lowest BCUT2D eigenvalue weighted by Gasteiger charge is -2.31. The Morgan fingerprint density at radius 1 is 1.11 bits per heavy atom. The number of nitrogens with zero attached hydrogens (tertiary/aromatic N) is 2. The van der Waals surface area contributed by atoms with Crippen molar-refractivity contribution in [3.05, 3.63) is 64.4 Å². The fraction of sp³-hybridized carbons (Fsp3) is 0.481. The standard InChI is InChI=1S/C27H37ClFN3O4S/c1-6-24(27(34)30-17-19(2)3)31(18-21-12-14-22(29)15-13-21)26(33)11-8-16-32(37(5,35)36)25-10-7-9-23(28)20(25)4/h7,9-10,12-15,19,24H,6,8,11,16-18H2,1-5H3,(H,30,34). The average Bonchev–Trinajstić information content (AvgIpc) is 2.82. The Hall–Kier alpha value is -2.65. The third-order valence-electron chi connectivity index (χ3n) is 6.00. The molecule has 1 N–H and O–H groups in total. The van der Waals surface area contributed by atoms with Gasteiger partial charge in [0, 0.05) is 31.1 Å². The summed E-state index contributed by atoms with van der Waals surface area (Å²) in [4.78, 5) is 27.9. The lowest BCUT2D eigenvalue weighted by atomic mass is 10.1. The average molecular weight is 554 g/mol. The largest absolute Gasteiger partial charge is 0.354 e. The van der Waals surface area contributed by atoms with Crippen LogP contribution in [0.1, 0.15) is 51.2 Å². The quantitative estimate of drug-likeness (QED) is 0.382. The van der Waals surface area contributed by atoms with Crippen molar-refractivity contribution in [1.29, 1.82) is 0 Å². The van der Waals surface area contributed by atoms with Gasteiger partial charge in [0.05, 0.1) is 11.9 Å². The summed E-state index contributed by atoms with van der Waals surface area (Å²) in [5.41, 5.74) is 1.79. The minimum absolute atomic E-state index is 0.0286. The van der Waals surface area contributed by atoms with Gasteiger partial charge >= 0.3 is 0 Å². The van der Waals surface area contributed by atoms with E-state index in [9.17, 15) is 22.4 Å². The van der Waals surface area contributed by atoms with Crippen LogP contribution in [0.2, 0.25) is 5.02 Å². The van der Waals surface area contributed by atoms with Gasteiger partial charge in [-0.2, -0.15) is 0 Å². The molecule has 10 heteroatoms. The van der Waals surface area contributed by atoms with E-state index in [2.05, 4.69) is 5.32 Å². The number of benzene rings is 2. The molecular formula is C27H37ClFN3O4S. The van der Waals surface area contributed by atoms with E-state index in [1.165, 1.54) is 21.3 Å². The van der Waals surface area contributed by atoms with Crippen molar-refractivity contribution in [1.82, 2.24) is 10.2 Å². The summed E-state index contributed by atoms with van der Waals surface area (Å²) < 4.78 is 39.8. The highest BCUT2D eigenvalue weighted by Gasteiger charge is 2.29. The number of hydrogen-bond donors (Lipinski definition) is 1. The molecule has 0 heterocycles.